The zero-order valence-electron chi connectivity index (χ0n) is 12.7. The lowest BCUT2D eigenvalue weighted by atomic mass is 9.69. The fraction of sp³-hybridized carbons (Fsp3) is 0.933. The molecule has 1 saturated heterocycles. The minimum Gasteiger partial charge on any atom is -0.466 e. The third-order valence-corrected chi connectivity index (χ3v) is 4.48. The van der Waals surface area contributed by atoms with Crippen LogP contribution in [-0.2, 0) is 19.0 Å². The van der Waals surface area contributed by atoms with E-state index < -0.39 is 17.3 Å². The Hall–Kier alpha value is -0.650. The molecule has 116 valence electrons. The second-order valence-electron chi connectivity index (χ2n) is 6.18. The minimum absolute atomic E-state index is 0.0403. The fourth-order valence-electron chi connectivity index (χ4n) is 3.50. The Kier molecular flexibility index (Phi) is 4.72. The predicted octanol–water partition coefficient (Wildman–Crippen LogP) is 1.87. The van der Waals surface area contributed by atoms with Crippen LogP contribution < -0.4 is 0 Å². The molecule has 0 radical (unpaired) electrons. The van der Waals surface area contributed by atoms with Crippen molar-refractivity contribution in [1.82, 2.24) is 0 Å². The highest BCUT2D eigenvalue weighted by atomic mass is 16.7. The third kappa shape index (κ3) is 3.00. The summed E-state index contributed by atoms with van der Waals surface area (Å²) in [6.45, 7) is 7.26. The van der Waals surface area contributed by atoms with E-state index in [1.807, 2.05) is 13.8 Å². The summed E-state index contributed by atoms with van der Waals surface area (Å²) in [4.78, 5) is 12.2. The van der Waals surface area contributed by atoms with Gasteiger partial charge in [-0.1, -0.05) is 13.8 Å². The molecule has 5 heteroatoms. The average Bonchev–Trinajstić information content (AvgIpc) is 2.82. The molecule has 2 aliphatic rings. The van der Waals surface area contributed by atoms with Crippen LogP contribution in [0.4, 0.5) is 0 Å². The summed E-state index contributed by atoms with van der Waals surface area (Å²) in [6.07, 6.45) is 2.28. The molecule has 0 aromatic heterocycles. The summed E-state index contributed by atoms with van der Waals surface area (Å²) in [5.41, 5.74) is -1.01. The molecule has 0 amide bonds. The molecule has 1 aliphatic carbocycles. The van der Waals surface area contributed by atoms with Crippen LogP contribution in [0.5, 0.6) is 0 Å². The van der Waals surface area contributed by atoms with Gasteiger partial charge in [0.15, 0.2) is 5.79 Å². The first-order valence-electron chi connectivity index (χ1n) is 7.59. The summed E-state index contributed by atoms with van der Waals surface area (Å²) in [7, 11) is 0. The average molecular weight is 286 g/mol. The topological polar surface area (TPSA) is 65.0 Å². The highest BCUT2D eigenvalue weighted by Crippen LogP contribution is 2.45. The van der Waals surface area contributed by atoms with Crippen molar-refractivity contribution >= 4 is 5.97 Å². The number of esters is 1. The predicted molar refractivity (Wildman–Crippen MR) is 73.0 cm³/mol. The summed E-state index contributed by atoms with van der Waals surface area (Å²) in [5, 5.41) is 10.9. The maximum atomic E-state index is 12.2. The van der Waals surface area contributed by atoms with E-state index in [2.05, 4.69) is 0 Å². The van der Waals surface area contributed by atoms with Crippen molar-refractivity contribution in [2.45, 2.75) is 57.8 Å². The third-order valence-electron chi connectivity index (χ3n) is 4.48. The monoisotopic (exact) mass is 286 g/mol. The van der Waals surface area contributed by atoms with Crippen molar-refractivity contribution in [3.63, 3.8) is 0 Å². The maximum Gasteiger partial charge on any atom is 0.312 e. The molecule has 2 rings (SSSR count). The van der Waals surface area contributed by atoms with Crippen molar-refractivity contribution in [3.05, 3.63) is 0 Å². The van der Waals surface area contributed by atoms with Gasteiger partial charge in [-0.15, -0.1) is 0 Å². The summed E-state index contributed by atoms with van der Waals surface area (Å²) in [6, 6.07) is 0. The van der Waals surface area contributed by atoms with Crippen LogP contribution in [-0.4, -0.2) is 42.3 Å². The van der Waals surface area contributed by atoms with Crippen molar-refractivity contribution in [2.24, 2.45) is 11.8 Å². The Morgan fingerprint density at radius 3 is 2.20 bits per heavy atom. The summed E-state index contributed by atoms with van der Waals surface area (Å²) < 4.78 is 16.5. The van der Waals surface area contributed by atoms with E-state index in [1.165, 1.54) is 0 Å². The number of rotatable bonds is 4. The normalized spacial score (nSPS) is 25.9. The number of aliphatic hydroxyl groups is 1. The van der Waals surface area contributed by atoms with Crippen LogP contribution in [0, 0.1) is 11.8 Å². The summed E-state index contributed by atoms with van der Waals surface area (Å²) in [5.74, 6) is -1.27. The molecule has 1 heterocycles. The highest BCUT2D eigenvalue weighted by molar-refractivity contribution is 5.74. The van der Waals surface area contributed by atoms with E-state index in [1.54, 1.807) is 6.92 Å². The Labute approximate surface area is 120 Å². The molecule has 2 fully saturated rings. The Balaban J connectivity index is 2.07. The van der Waals surface area contributed by atoms with Gasteiger partial charge in [-0.3, -0.25) is 4.79 Å². The van der Waals surface area contributed by atoms with E-state index >= 15 is 0 Å². The molecule has 1 unspecified atom stereocenters. The SMILES string of the molecule is CCOC(=O)C(C(C)C)C1(O)CCC2(CC1)OCCO2. The fourth-order valence-corrected chi connectivity index (χ4v) is 3.50. The molecule has 1 aliphatic heterocycles. The van der Waals surface area contributed by atoms with Gasteiger partial charge >= 0.3 is 5.97 Å². The van der Waals surface area contributed by atoms with E-state index in [0.717, 1.165) is 0 Å². The van der Waals surface area contributed by atoms with Crippen molar-refractivity contribution in [1.29, 1.82) is 0 Å². The van der Waals surface area contributed by atoms with Gasteiger partial charge in [-0.25, -0.2) is 0 Å². The quantitative estimate of drug-likeness (QED) is 0.799. The molecule has 1 saturated carbocycles. The highest BCUT2D eigenvalue weighted by Gasteiger charge is 2.51. The first-order valence-corrected chi connectivity index (χ1v) is 7.59. The van der Waals surface area contributed by atoms with E-state index in [4.69, 9.17) is 14.2 Å². The standard InChI is InChI=1S/C15H26O5/c1-4-18-13(16)12(11(2)3)14(17)5-7-15(8-6-14)19-9-10-20-15/h11-12,17H,4-10H2,1-3H3. The van der Waals surface area contributed by atoms with Gasteiger partial charge in [0, 0.05) is 12.8 Å². The Bertz CT molecular complexity index is 336. The number of carbonyl (C=O) groups excluding carboxylic acids is 1. The Morgan fingerprint density at radius 1 is 1.20 bits per heavy atom. The van der Waals surface area contributed by atoms with Crippen LogP contribution in [0.3, 0.4) is 0 Å². The largest absolute Gasteiger partial charge is 0.466 e. The van der Waals surface area contributed by atoms with E-state index in [0.29, 0.717) is 45.5 Å². The molecule has 0 bridgehead atoms. The maximum absolute atomic E-state index is 12.2. The number of carbonyl (C=O) groups is 1. The van der Waals surface area contributed by atoms with Gasteiger partial charge in [0.05, 0.1) is 31.3 Å². The number of ether oxygens (including phenoxy) is 3. The lowest BCUT2D eigenvalue weighted by Gasteiger charge is -2.44. The van der Waals surface area contributed by atoms with Crippen LogP contribution >= 0.6 is 0 Å². The molecule has 1 spiro atoms. The van der Waals surface area contributed by atoms with Crippen molar-refractivity contribution in [2.75, 3.05) is 19.8 Å². The summed E-state index contributed by atoms with van der Waals surface area (Å²) >= 11 is 0. The molecule has 0 aromatic rings. The second kappa shape index (κ2) is 6.00. The molecular weight excluding hydrogens is 260 g/mol. The second-order valence-corrected chi connectivity index (χ2v) is 6.18. The van der Waals surface area contributed by atoms with E-state index in [9.17, 15) is 9.90 Å². The van der Waals surface area contributed by atoms with Crippen molar-refractivity contribution in [3.8, 4) is 0 Å². The molecule has 5 nitrogen and oxygen atoms in total. The lowest BCUT2D eigenvalue weighted by Crippen LogP contribution is -2.52. The molecule has 1 atom stereocenters. The van der Waals surface area contributed by atoms with Crippen LogP contribution in [0.2, 0.25) is 0 Å². The van der Waals surface area contributed by atoms with Gasteiger partial charge in [0.1, 0.15) is 0 Å². The van der Waals surface area contributed by atoms with Crippen LogP contribution in [0.25, 0.3) is 0 Å². The van der Waals surface area contributed by atoms with Gasteiger partial charge in [-0.2, -0.15) is 0 Å². The smallest absolute Gasteiger partial charge is 0.312 e. The van der Waals surface area contributed by atoms with Crippen LogP contribution in [0.15, 0.2) is 0 Å². The van der Waals surface area contributed by atoms with Gasteiger partial charge in [-0.05, 0) is 25.7 Å². The molecule has 1 N–H and O–H groups in total. The number of hydrogen-bond acceptors (Lipinski definition) is 5. The van der Waals surface area contributed by atoms with Crippen molar-refractivity contribution < 1.29 is 24.1 Å². The first kappa shape index (κ1) is 15.7. The lowest BCUT2D eigenvalue weighted by molar-refractivity contribution is -0.216. The first-order chi connectivity index (χ1) is 9.42. The number of hydrogen-bond donors (Lipinski definition) is 1. The molecule has 20 heavy (non-hydrogen) atoms. The van der Waals surface area contributed by atoms with Gasteiger partial charge in [0.2, 0.25) is 0 Å². The molecular formula is C15H26O5. The van der Waals surface area contributed by atoms with Gasteiger partial charge in [0.25, 0.3) is 0 Å². The van der Waals surface area contributed by atoms with Crippen LogP contribution in [0.1, 0.15) is 46.5 Å². The minimum atomic E-state index is -1.01. The van der Waals surface area contributed by atoms with Gasteiger partial charge < -0.3 is 19.3 Å². The zero-order chi connectivity index (χ0) is 14.8. The Morgan fingerprint density at radius 2 is 1.75 bits per heavy atom. The van der Waals surface area contributed by atoms with E-state index in [-0.39, 0.29) is 11.9 Å². The molecule has 0 aromatic carbocycles. The zero-order valence-corrected chi connectivity index (χ0v) is 12.7.